The monoisotopic (exact) mass is 371 g/mol. The van der Waals surface area contributed by atoms with Crippen LogP contribution in [-0.2, 0) is 4.79 Å². The number of halogens is 1. The second-order valence-electron chi connectivity index (χ2n) is 5.76. The Morgan fingerprint density at radius 1 is 1.29 bits per heavy atom. The van der Waals surface area contributed by atoms with Gasteiger partial charge in [0.05, 0.1) is 17.8 Å². The van der Waals surface area contributed by atoms with Gasteiger partial charge in [0, 0.05) is 40.3 Å². The lowest BCUT2D eigenvalue weighted by Crippen LogP contribution is -2.39. The first-order chi connectivity index (χ1) is 11.4. The molecule has 0 unspecified atom stereocenters. The Morgan fingerprint density at radius 2 is 2.04 bits per heavy atom. The van der Waals surface area contributed by atoms with Crippen LogP contribution in [0.15, 0.2) is 11.4 Å². The van der Waals surface area contributed by atoms with Crippen molar-refractivity contribution in [2.45, 2.75) is 11.6 Å². The third kappa shape index (κ3) is 4.81. The van der Waals surface area contributed by atoms with Crippen molar-refractivity contribution < 1.29 is 9.59 Å². The van der Waals surface area contributed by atoms with Gasteiger partial charge in [-0.15, -0.1) is 0 Å². The summed E-state index contributed by atoms with van der Waals surface area (Å²) >= 11 is 7.47. The Labute approximate surface area is 151 Å². The van der Waals surface area contributed by atoms with Crippen LogP contribution in [0.2, 0.25) is 5.02 Å². The maximum atomic E-state index is 12.7. The Bertz CT molecular complexity index is 614. The summed E-state index contributed by atoms with van der Waals surface area (Å²) in [5.74, 6) is -0.114. The molecule has 9 heteroatoms. The molecule has 2 amide bonds. The van der Waals surface area contributed by atoms with Crippen LogP contribution in [-0.4, -0.2) is 89.6 Å². The summed E-state index contributed by atoms with van der Waals surface area (Å²) < 4.78 is 0. The van der Waals surface area contributed by atoms with Gasteiger partial charge in [-0.3, -0.25) is 14.5 Å². The molecular weight excluding hydrogens is 350 g/mol. The Balaban J connectivity index is 2.03. The summed E-state index contributed by atoms with van der Waals surface area (Å²) in [6.07, 6.45) is 4.13. The van der Waals surface area contributed by atoms with E-state index in [1.54, 1.807) is 23.9 Å². The fourth-order valence-electron chi connectivity index (χ4n) is 2.41. The Morgan fingerprint density at radius 3 is 2.71 bits per heavy atom. The molecule has 1 fully saturated rings. The SMILES string of the molecule is CSc1ncc(Cl)c(C(=O)N2CCCN(CC(=O)N(C)C)CC2)n1. The molecule has 1 saturated heterocycles. The highest BCUT2D eigenvalue weighted by Gasteiger charge is 2.24. The van der Waals surface area contributed by atoms with Gasteiger partial charge in [-0.1, -0.05) is 23.4 Å². The molecule has 132 valence electrons. The number of aromatic nitrogens is 2. The maximum Gasteiger partial charge on any atom is 0.274 e. The van der Waals surface area contributed by atoms with E-state index in [2.05, 4.69) is 14.9 Å². The first kappa shape index (κ1) is 19.0. The molecule has 7 nitrogen and oxygen atoms in total. The molecule has 0 saturated carbocycles. The van der Waals surface area contributed by atoms with Crippen LogP contribution in [0.4, 0.5) is 0 Å². The van der Waals surface area contributed by atoms with Crippen LogP contribution < -0.4 is 0 Å². The molecule has 0 spiro atoms. The van der Waals surface area contributed by atoms with Crippen molar-refractivity contribution in [3.63, 3.8) is 0 Å². The quantitative estimate of drug-likeness (QED) is 0.583. The molecule has 0 radical (unpaired) electrons. The number of hydrogen-bond donors (Lipinski definition) is 0. The number of carbonyl (C=O) groups is 2. The van der Waals surface area contributed by atoms with E-state index in [0.29, 0.717) is 31.3 Å². The zero-order chi connectivity index (χ0) is 17.7. The van der Waals surface area contributed by atoms with Gasteiger partial charge in [0.2, 0.25) is 5.91 Å². The molecule has 1 aliphatic rings. The van der Waals surface area contributed by atoms with E-state index in [1.165, 1.54) is 18.0 Å². The standard InChI is InChI=1S/C15H22ClN5O2S/c1-19(2)12(22)10-20-5-4-6-21(8-7-20)14(23)13-11(16)9-17-15(18-13)24-3/h9H,4-8,10H2,1-3H3. The van der Waals surface area contributed by atoms with Crippen molar-refractivity contribution in [3.05, 3.63) is 16.9 Å². The van der Waals surface area contributed by atoms with Crippen molar-refractivity contribution in [2.75, 3.05) is 53.1 Å². The molecule has 2 heterocycles. The first-order valence-electron chi connectivity index (χ1n) is 7.70. The molecule has 1 aromatic rings. The average molecular weight is 372 g/mol. The highest BCUT2D eigenvalue weighted by atomic mass is 35.5. The highest BCUT2D eigenvalue weighted by molar-refractivity contribution is 7.98. The van der Waals surface area contributed by atoms with E-state index < -0.39 is 0 Å². The number of amides is 2. The molecule has 0 N–H and O–H groups in total. The number of nitrogens with zero attached hydrogens (tertiary/aromatic N) is 5. The number of likely N-dealkylation sites (N-methyl/N-ethyl adjacent to an activating group) is 1. The average Bonchev–Trinajstić information content (AvgIpc) is 2.80. The summed E-state index contributed by atoms with van der Waals surface area (Å²) in [5.41, 5.74) is 0.244. The molecule has 0 atom stereocenters. The van der Waals surface area contributed by atoms with Crippen molar-refractivity contribution in [2.24, 2.45) is 0 Å². The minimum absolute atomic E-state index is 0.0678. The third-order valence-corrected chi connectivity index (χ3v) is 4.68. The van der Waals surface area contributed by atoms with Gasteiger partial charge in [-0.25, -0.2) is 9.97 Å². The molecule has 1 aliphatic heterocycles. The van der Waals surface area contributed by atoms with Crippen LogP contribution in [0.5, 0.6) is 0 Å². The fourth-order valence-corrected chi connectivity index (χ4v) is 2.93. The zero-order valence-corrected chi connectivity index (χ0v) is 15.7. The second-order valence-corrected chi connectivity index (χ2v) is 6.94. The van der Waals surface area contributed by atoms with Crippen LogP contribution in [0, 0.1) is 0 Å². The zero-order valence-electron chi connectivity index (χ0n) is 14.2. The van der Waals surface area contributed by atoms with Crippen LogP contribution in [0.25, 0.3) is 0 Å². The smallest absolute Gasteiger partial charge is 0.274 e. The van der Waals surface area contributed by atoms with Gasteiger partial charge in [-0.2, -0.15) is 0 Å². The molecular formula is C15H22ClN5O2S. The lowest BCUT2D eigenvalue weighted by Gasteiger charge is -2.22. The summed E-state index contributed by atoms with van der Waals surface area (Å²) in [5, 5.41) is 0.789. The number of thioether (sulfide) groups is 1. The lowest BCUT2D eigenvalue weighted by atomic mass is 10.3. The normalized spacial score (nSPS) is 15.9. The van der Waals surface area contributed by atoms with Gasteiger partial charge in [0.15, 0.2) is 10.9 Å². The molecule has 1 aromatic heterocycles. The van der Waals surface area contributed by atoms with E-state index in [9.17, 15) is 9.59 Å². The van der Waals surface area contributed by atoms with E-state index in [1.807, 2.05) is 6.26 Å². The Hall–Kier alpha value is -1.38. The van der Waals surface area contributed by atoms with E-state index in [-0.39, 0.29) is 22.5 Å². The van der Waals surface area contributed by atoms with Crippen molar-refractivity contribution >= 4 is 35.2 Å². The minimum atomic E-state index is -0.182. The predicted octanol–water partition coefficient (Wildman–Crippen LogP) is 1.09. The largest absolute Gasteiger partial charge is 0.348 e. The van der Waals surface area contributed by atoms with Gasteiger partial charge in [0.1, 0.15) is 0 Å². The lowest BCUT2D eigenvalue weighted by molar-refractivity contribution is -0.129. The number of hydrogen-bond acceptors (Lipinski definition) is 6. The van der Waals surface area contributed by atoms with Crippen molar-refractivity contribution in [1.29, 1.82) is 0 Å². The van der Waals surface area contributed by atoms with E-state index >= 15 is 0 Å². The predicted molar refractivity (Wildman–Crippen MR) is 94.5 cm³/mol. The van der Waals surface area contributed by atoms with E-state index in [0.717, 1.165) is 13.0 Å². The molecule has 0 aromatic carbocycles. The van der Waals surface area contributed by atoms with Crippen molar-refractivity contribution in [1.82, 2.24) is 24.7 Å². The first-order valence-corrected chi connectivity index (χ1v) is 9.31. The molecule has 2 rings (SSSR count). The molecule has 0 bridgehead atoms. The summed E-state index contributed by atoms with van der Waals surface area (Å²) in [7, 11) is 3.49. The van der Waals surface area contributed by atoms with Gasteiger partial charge in [0.25, 0.3) is 5.91 Å². The topological polar surface area (TPSA) is 69.6 Å². The second kappa shape index (κ2) is 8.64. The van der Waals surface area contributed by atoms with E-state index in [4.69, 9.17) is 11.6 Å². The third-order valence-electron chi connectivity index (χ3n) is 3.84. The summed E-state index contributed by atoms with van der Waals surface area (Å²) in [4.78, 5) is 38.3. The van der Waals surface area contributed by atoms with Crippen LogP contribution >= 0.6 is 23.4 Å². The Kier molecular flexibility index (Phi) is 6.82. The number of rotatable bonds is 4. The minimum Gasteiger partial charge on any atom is -0.348 e. The fraction of sp³-hybridized carbons (Fsp3) is 0.600. The van der Waals surface area contributed by atoms with Crippen LogP contribution in [0.3, 0.4) is 0 Å². The summed E-state index contributed by atoms with van der Waals surface area (Å²) in [6, 6.07) is 0. The number of carbonyl (C=O) groups excluding carboxylic acids is 2. The van der Waals surface area contributed by atoms with Gasteiger partial charge in [-0.05, 0) is 12.7 Å². The maximum absolute atomic E-state index is 12.7. The van der Waals surface area contributed by atoms with Gasteiger partial charge >= 0.3 is 0 Å². The van der Waals surface area contributed by atoms with Gasteiger partial charge < -0.3 is 9.80 Å². The van der Waals surface area contributed by atoms with Crippen molar-refractivity contribution in [3.8, 4) is 0 Å². The molecule has 24 heavy (non-hydrogen) atoms. The molecule has 0 aliphatic carbocycles. The highest BCUT2D eigenvalue weighted by Crippen LogP contribution is 2.19. The summed E-state index contributed by atoms with van der Waals surface area (Å²) in [6.45, 7) is 3.00. The van der Waals surface area contributed by atoms with Crippen LogP contribution in [0.1, 0.15) is 16.9 Å².